The quantitative estimate of drug-likeness (QED) is 0.916. The van der Waals surface area contributed by atoms with Crippen molar-refractivity contribution in [1.82, 2.24) is 10.3 Å². The van der Waals surface area contributed by atoms with Crippen LogP contribution in [0.5, 0.6) is 0 Å². The molecule has 1 heterocycles. The number of aryl methyl sites for hydroxylation is 1. The Morgan fingerprint density at radius 1 is 1.53 bits per heavy atom. The number of hydrogen-bond acceptors (Lipinski definition) is 2. The zero-order valence-corrected chi connectivity index (χ0v) is 12.3. The molecule has 1 aromatic heterocycles. The summed E-state index contributed by atoms with van der Waals surface area (Å²) in [6, 6.07) is 2.01. The van der Waals surface area contributed by atoms with Crippen molar-refractivity contribution >= 4 is 17.5 Å². The highest BCUT2D eigenvalue weighted by atomic mass is 35.5. The molecule has 1 aliphatic rings. The number of pyridine rings is 1. The van der Waals surface area contributed by atoms with Gasteiger partial charge in [0.05, 0.1) is 10.6 Å². The molecule has 3 nitrogen and oxygen atoms in total. The third-order valence-electron chi connectivity index (χ3n) is 3.93. The summed E-state index contributed by atoms with van der Waals surface area (Å²) >= 11 is 6.10. The van der Waals surface area contributed by atoms with Gasteiger partial charge in [-0.1, -0.05) is 37.8 Å². The van der Waals surface area contributed by atoms with E-state index in [0.29, 0.717) is 10.6 Å². The summed E-state index contributed by atoms with van der Waals surface area (Å²) in [5.74, 6) is 0.643. The fraction of sp³-hybridized carbons (Fsp3) is 0.600. The van der Waals surface area contributed by atoms with Crippen molar-refractivity contribution in [3.8, 4) is 0 Å². The number of carbonyl (C=O) groups excluding carboxylic acids is 1. The Bertz CT molecular complexity index is 461. The number of carbonyl (C=O) groups is 1. The second kappa shape index (κ2) is 6.38. The minimum absolute atomic E-state index is 0.0979. The number of hydrogen-bond donors (Lipinski definition) is 1. The molecule has 0 bridgehead atoms. The van der Waals surface area contributed by atoms with Crippen LogP contribution < -0.4 is 5.32 Å². The average Bonchev–Trinajstić information content (AvgIpc) is 2.38. The van der Waals surface area contributed by atoms with Crippen LogP contribution in [0.1, 0.15) is 55.1 Å². The van der Waals surface area contributed by atoms with Crippen LogP contribution in [0.15, 0.2) is 12.3 Å². The van der Waals surface area contributed by atoms with Crippen molar-refractivity contribution in [2.45, 2.75) is 52.0 Å². The van der Waals surface area contributed by atoms with E-state index >= 15 is 0 Å². The van der Waals surface area contributed by atoms with E-state index in [1.54, 1.807) is 12.3 Å². The van der Waals surface area contributed by atoms with E-state index in [9.17, 15) is 4.79 Å². The summed E-state index contributed by atoms with van der Waals surface area (Å²) < 4.78 is 0. The van der Waals surface area contributed by atoms with Gasteiger partial charge < -0.3 is 5.32 Å². The molecule has 0 saturated heterocycles. The topological polar surface area (TPSA) is 42.0 Å². The van der Waals surface area contributed by atoms with E-state index in [2.05, 4.69) is 17.2 Å². The van der Waals surface area contributed by atoms with Crippen molar-refractivity contribution in [2.24, 2.45) is 5.92 Å². The summed E-state index contributed by atoms with van der Waals surface area (Å²) in [5.41, 5.74) is 1.30. The largest absolute Gasteiger partial charge is 0.349 e. The van der Waals surface area contributed by atoms with Crippen LogP contribution in [0.25, 0.3) is 0 Å². The molecule has 1 N–H and O–H groups in total. The minimum Gasteiger partial charge on any atom is -0.349 e. The molecular formula is C15H21ClN2O. The highest BCUT2D eigenvalue weighted by molar-refractivity contribution is 6.33. The molecule has 1 saturated carbocycles. The highest BCUT2D eigenvalue weighted by Gasteiger charge is 2.23. The van der Waals surface area contributed by atoms with Crippen LogP contribution in [-0.2, 0) is 0 Å². The van der Waals surface area contributed by atoms with Crippen LogP contribution in [0, 0.1) is 12.8 Å². The molecule has 0 aromatic carbocycles. The van der Waals surface area contributed by atoms with Gasteiger partial charge >= 0.3 is 0 Å². The van der Waals surface area contributed by atoms with E-state index in [-0.39, 0.29) is 11.9 Å². The van der Waals surface area contributed by atoms with Crippen LogP contribution >= 0.6 is 11.6 Å². The van der Waals surface area contributed by atoms with Crippen molar-refractivity contribution in [3.63, 3.8) is 0 Å². The van der Waals surface area contributed by atoms with Gasteiger partial charge in [-0.25, -0.2) is 0 Å². The Labute approximate surface area is 119 Å². The molecule has 2 rings (SSSR count). The number of nitrogens with one attached hydrogen (secondary N) is 1. The zero-order chi connectivity index (χ0) is 13.8. The number of rotatable bonds is 3. The van der Waals surface area contributed by atoms with Crippen LogP contribution in [0.3, 0.4) is 0 Å². The van der Waals surface area contributed by atoms with E-state index < -0.39 is 0 Å². The predicted molar refractivity (Wildman–Crippen MR) is 77.5 cm³/mol. The summed E-state index contributed by atoms with van der Waals surface area (Å²) in [6.45, 7) is 4.08. The lowest BCUT2D eigenvalue weighted by atomic mass is 9.84. The smallest absolute Gasteiger partial charge is 0.254 e. The van der Waals surface area contributed by atoms with Gasteiger partial charge in [0.15, 0.2) is 0 Å². The van der Waals surface area contributed by atoms with Gasteiger partial charge in [-0.3, -0.25) is 9.78 Å². The van der Waals surface area contributed by atoms with Crippen molar-refractivity contribution < 1.29 is 4.79 Å². The van der Waals surface area contributed by atoms with E-state index in [4.69, 9.17) is 11.6 Å². The first-order chi connectivity index (χ1) is 9.10. The maximum Gasteiger partial charge on any atom is 0.254 e. The summed E-state index contributed by atoms with van der Waals surface area (Å²) in [7, 11) is 0. The van der Waals surface area contributed by atoms with Gasteiger partial charge in [-0.2, -0.15) is 0 Å². The third kappa shape index (κ3) is 3.69. The van der Waals surface area contributed by atoms with Gasteiger partial charge in [-0.15, -0.1) is 0 Å². The lowest BCUT2D eigenvalue weighted by Crippen LogP contribution is -2.38. The van der Waals surface area contributed by atoms with Crippen molar-refractivity contribution in [1.29, 1.82) is 0 Å². The number of amides is 1. The summed E-state index contributed by atoms with van der Waals surface area (Å²) in [4.78, 5) is 16.3. The molecule has 0 radical (unpaired) electrons. The molecule has 1 aliphatic carbocycles. The Hall–Kier alpha value is -1.09. The van der Waals surface area contributed by atoms with Crippen LogP contribution in [-0.4, -0.2) is 16.9 Å². The SMILES string of the molecule is CCC1CCCC(NC(=O)c2cnc(C)cc2Cl)C1. The molecule has 1 aromatic rings. The Morgan fingerprint density at radius 3 is 3.00 bits per heavy atom. The predicted octanol–water partition coefficient (Wildman–Crippen LogP) is 3.74. The molecule has 104 valence electrons. The Morgan fingerprint density at radius 2 is 2.32 bits per heavy atom. The summed E-state index contributed by atoms with van der Waals surface area (Å²) in [5, 5.41) is 3.58. The zero-order valence-electron chi connectivity index (χ0n) is 11.6. The second-order valence-electron chi connectivity index (χ2n) is 5.42. The van der Waals surface area contributed by atoms with Gasteiger partial charge in [0.2, 0.25) is 0 Å². The lowest BCUT2D eigenvalue weighted by molar-refractivity contribution is 0.0919. The van der Waals surface area contributed by atoms with Crippen LogP contribution in [0.4, 0.5) is 0 Å². The molecule has 4 heteroatoms. The summed E-state index contributed by atoms with van der Waals surface area (Å²) in [6.07, 6.45) is 7.39. The highest BCUT2D eigenvalue weighted by Crippen LogP contribution is 2.27. The molecule has 2 unspecified atom stereocenters. The monoisotopic (exact) mass is 280 g/mol. The van der Waals surface area contributed by atoms with Crippen molar-refractivity contribution in [2.75, 3.05) is 0 Å². The lowest BCUT2D eigenvalue weighted by Gasteiger charge is -2.29. The Balaban J connectivity index is 2.00. The third-order valence-corrected chi connectivity index (χ3v) is 4.24. The van der Waals surface area contributed by atoms with Gasteiger partial charge in [0.25, 0.3) is 5.91 Å². The number of nitrogens with zero attached hydrogens (tertiary/aromatic N) is 1. The van der Waals surface area contributed by atoms with Gasteiger partial charge in [0, 0.05) is 17.9 Å². The minimum atomic E-state index is -0.0979. The molecular weight excluding hydrogens is 260 g/mol. The normalized spacial score (nSPS) is 23.1. The molecule has 2 atom stereocenters. The van der Waals surface area contributed by atoms with Gasteiger partial charge in [-0.05, 0) is 31.7 Å². The van der Waals surface area contributed by atoms with Crippen LogP contribution in [0.2, 0.25) is 5.02 Å². The van der Waals surface area contributed by atoms with E-state index in [0.717, 1.165) is 24.5 Å². The van der Waals surface area contributed by atoms with E-state index in [1.807, 2.05) is 6.92 Å². The van der Waals surface area contributed by atoms with Crippen molar-refractivity contribution in [3.05, 3.63) is 28.5 Å². The van der Waals surface area contributed by atoms with Gasteiger partial charge in [0.1, 0.15) is 0 Å². The fourth-order valence-corrected chi connectivity index (χ4v) is 3.04. The first-order valence-electron chi connectivity index (χ1n) is 7.03. The molecule has 0 aliphatic heterocycles. The average molecular weight is 281 g/mol. The first-order valence-corrected chi connectivity index (χ1v) is 7.41. The number of aromatic nitrogens is 1. The van der Waals surface area contributed by atoms with E-state index in [1.165, 1.54) is 19.3 Å². The Kier molecular flexibility index (Phi) is 4.81. The fourth-order valence-electron chi connectivity index (χ4n) is 2.75. The standard InChI is InChI=1S/C15H21ClN2O/c1-3-11-5-4-6-12(8-11)18-15(19)13-9-17-10(2)7-14(13)16/h7,9,11-12H,3-6,8H2,1-2H3,(H,18,19). The molecule has 0 spiro atoms. The molecule has 1 fully saturated rings. The second-order valence-corrected chi connectivity index (χ2v) is 5.82. The number of halogens is 1. The first kappa shape index (κ1) is 14.3. The molecule has 1 amide bonds. The molecule has 19 heavy (non-hydrogen) atoms. The maximum absolute atomic E-state index is 12.2. The maximum atomic E-state index is 12.2.